The average molecular weight is 393 g/mol. The van der Waals surface area contributed by atoms with Crippen LogP contribution >= 0.6 is 11.3 Å². The quantitative estimate of drug-likeness (QED) is 0.794. The maximum absolute atomic E-state index is 13.2. The highest BCUT2D eigenvalue weighted by Crippen LogP contribution is 2.42. The summed E-state index contributed by atoms with van der Waals surface area (Å²) in [5.41, 5.74) is 0.951. The molecule has 4 rings (SSSR count). The van der Waals surface area contributed by atoms with Crippen LogP contribution in [0.5, 0.6) is 0 Å². The summed E-state index contributed by atoms with van der Waals surface area (Å²) in [5, 5.41) is 10.3. The van der Waals surface area contributed by atoms with Crippen LogP contribution in [0.4, 0.5) is 5.13 Å². The van der Waals surface area contributed by atoms with Gasteiger partial charge in [-0.25, -0.2) is 8.42 Å². The predicted octanol–water partition coefficient (Wildman–Crippen LogP) is 1.66. The lowest BCUT2D eigenvalue weighted by Gasteiger charge is -2.28. The smallest absolute Gasteiger partial charge is 0.274 e. The molecule has 0 saturated carbocycles. The van der Waals surface area contributed by atoms with E-state index < -0.39 is 10.0 Å². The molecule has 1 amide bonds. The zero-order valence-corrected chi connectivity index (χ0v) is 15.8. The first-order valence-corrected chi connectivity index (χ1v) is 10.7. The van der Waals surface area contributed by atoms with Gasteiger partial charge in [-0.3, -0.25) is 9.69 Å². The third-order valence-electron chi connectivity index (χ3n) is 4.72. The number of hydrogen-bond acceptors (Lipinski definition) is 7. The van der Waals surface area contributed by atoms with E-state index in [-0.39, 0.29) is 27.6 Å². The molecule has 1 N–H and O–H groups in total. The zero-order chi connectivity index (χ0) is 18.3. The van der Waals surface area contributed by atoms with Gasteiger partial charge in [0.15, 0.2) is 0 Å². The number of sulfonamides is 1. The lowest BCUT2D eigenvalue weighted by molar-refractivity contribution is -0.114. The molecule has 26 heavy (non-hydrogen) atoms. The Bertz CT molecular complexity index is 915. The Labute approximate surface area is 155 Å². The Balaban J connectivity index is 1.70. The van der Waals surface area contributed by atoms with Gasteiger partial charge in [-0.1, -0.05) is 41.7 Å². The summed E-state index contributed by atoms with van der Waals surface area (Å²) in [6, 6.07) is 9.89. The van der Waals surface area contributed by atoms with E-state index in [0.29, 0.717) is 6.54 Å². The molecule has 8 nitrogen and oxygen atoms in total. The fourth-order valence-electron chi connectivity index (χ4n) is 3.68. The molecule has 3 heterocycles. The minimum atomic E-state index is -3.81. The summed E-state index contributed by atoms with van der Waals surface area (Å²) in [4.78, 5) is 13.4. The van der Waals surface area contributed by atoms with Crippen molar-refractivity contribution in [1.82, 2.24) is 19.4 Å². The molecule has 1 aromatic carbocycles. The van der Waals surface area contributed by atoms with Crippen LogP contribution in [0, 0.1) is 0 Å². The molecule has 2 aliphatic rings. The van der Waals surface area contributed by atoms with Crippen LogP contribution < -0.4 is 5.32 Å². The van der Waals surface area contributed by atoms with Crippen LogP contribution in [0.15, 0.2) is 34.7 Å². The number of amides is 1. The molecule has 2 aliphatic heterocycles. The van der Waals surface area contributed by atoms with Crippen molar-refractivity contribution in [3.05, 3.63) is 35.9 Å². The Morgan fingerprint density at radius 2 is 2.04 bits per heavy atom. The Morgan fingerprint density at radius 3 is 2.77 bits per heavy atom. The molecule has 0 bridgehead atoms. The van der Waals surface area contributed by atoms with E-state index >= 15 is 0 Å². The third kappa shape index (κ3) is 3.02. The number of nitrogens with one attached hydrogen (secondary N) is 1. The maximum atomic E-state index is 13.2. The zero-order valence-electron chi connectivity index (χ0n) is 14.2. The molecule has 2 unspecified atom stereocenters. The second-order valence-corrected chi connectivity index (χ2v) is 9.49. The molecule has 1 aromatic heterocycles. The normalized spacial score (nSPS) is 23.9. The standard InChI is InChI=1S/C16H19N5O3S2/c1-11(22)17-15-18-19-16(25-15)26(23,24)21-10-13-8-5-9-20(13)14(21)12-6-3-2-4-7-12/h2-4,6-7,13-14H,5,8-10H2,1H3,(H,17,18,22). The van der Waals surface area contributed by atoms with Crippen LogP contribution in [0.2, 0.25) is 0 Å². The fourth-order valence-corrected chi connectivity index (χ4v) is 6.36. The molecular weight excluding hydrogens is 374 g/mol. The van der Waals surface area contributed by atoms with Crippen molar-refractivity contribution in [1.29, 1.82) is 0 Å². The van der Waals surface area contributed by atoms with Gasteiger partial charge < -0.3 is 5.32 Å². The summed E-state index contributed by atoms with van der Waals surface area (Å²) in [7, 11) is -3.81. The second kappa shape index (κ2) is 6.69. The number of benzene rings is 1. The molecule has 2 atom stereocenters. The predicted molar refractivity (Wildman–Crippen MR) is 97.0 cm³/mol. The molecule has 2 fully saturated rings. The number of anilines is 1. The minimum Gasteiger partial charge on any atom is -0.301 e. The molecule has 0 aliphatic carbocycles. The Kier molecular flexibility index (Phi) is 4.51. The van der Waals surface area contributed by atoms with E-state index in [1.807, 2.05) is 30.3 Å². The van der Waals surface area contributed by atoms with Crippen molar-refractivity contribution >= 4 is 32.4 Å². The number of aromatic nitrogens is 2. The molecule has 10 heteroatoms. The molecule has 0 radical (unpaired) electrons. The highest BCUT2D eigenvalue weighted by atomic mass is 32.2. The van der Waals surface area contributed by atoms with Crippen molar-refractivity contribution in [3.63, 3.8) is 0 Å². The van der Waals surface area contributed by atoms with Crippen molar-refractivity contribution in [2.75, 3.05) is 18.4 Å². The first-order valence-electron chi connectivity index (χ1n) is 8.40. The number of nitrogens with zero attached hydrogens (tertiary/aromatic N) is 4. The van der Waals surface area contributed by atoms with Crippen LogP contribution in [0.25, 0.3) is 0 Å². The van der Waals surface area contributed by atoms with Gasteiger partial charge in [0.25, 0.3) is 10.0 Å². The van der Waals surface area contributed by atoms with Crippen LogP contribution in [0.1, 0.15) is 31.5 Å². The van der Waals surface area contributed by atoms with Crippen LogP contribution in [-0.2, 0) is 14.8 Å². The van der Waals surface area contributed by atoms with Crippen molar-refractivity contribution in [2.24, 2.45) is 0 Å². The Hall–Kier alpha value is -1.88. The molecule has 138 valence electrons. The maximum Gasteiger partial charge on any atom is 0.274 e. The lowest BCUT2D eigenvalue weighted by Crippen LogP contribution is -2.35. The van der Waals surface area contributed by atoms with Gasteiger partial charge in [-0.15, -0.1) is 10.2 Å². The molecule has 2 saturated heterocycles. The highest BCUT2D eigenvalue weighted by molar-refractivity contribution is 7.91. The van der Waals surface area contributed by atoms with Crippen LogP contribution in [0.3, 0.4) is 0 Å². The van der Waals surface area contributed by atoms with Crippen molar-refractivity contribution < 1.29 is 13.2 Å². The summed E-state index contributed by atoms with van der Waals surface area (Å²) >= 11 is 0.878. The number of carbonyl (C=O) groups is 1. The first kappa shape index (κ1) is 17.5. The van der Waals surface area contributed by atoms with Gasteiger partial charge in [0.2, 0.25) is 15.4 Å². The topological polar surface area (TPSA) is 95.5 Å². The minimum absolute atomic E-state index is 0.0941. The fraction of sp³-hybridized carbons (Fsp3) is 0.438. The highest BCUT2D eigenvalue weighted by Gasteiger charge is 2.48. The monoisotopic (exact) mass is 393 g/mol. The number of hydrogen-bond donors (Lipinski definition) is 1. The number of rotatable bonds is 4. The van der Waals surface area contributed by atoms with Gasteiger partial charge in [0.05, 0.1) is 0 Å². The number of fused-ring (bicyclic) bond motifs is 1. The van der Waals surface area contributed by atoms with E-state index in [9.17, 15) is 13.2 Å². The largest absolute Gasteiger partial charge is 0.301 e. The van der Waals surface area contributed by atoms with E-state index in [0.717, 1.165) is 36.3 Å². The molecule has 2 aromatic rings. The average Bonchev–Trinajstić information content (AvgIpc) is 3.30. The third-order valence-corrected chi connectivity index (χ3v) is 7.72. The first-order chi connectivity index (χ1) is 12.5. The van der Waals surface area contributed by atoms with E-state index in [4.69, 9.17) is 0 Å². The van der Waals surface area contributed by atoms with E-state index in [1.165, 1.54) is 11.2 Å². The van der Waals surface area contributed by atoms with Gasteiger partial charge in [0.1, 0.15) is 6.17 Å². The summed E-state index contributed by atoms with van der Waals surface area (Å²) in [5.74, 6) is -0.311. The number of carbonyl (C=O) groups excluding carboxylic acids is 1. The molecular formula is C16H19N5O3S2. The van der Waals surface area contributed by atoms with Gasteiger partial charge in [-0.05, 0) is 18.4 Å². The molecule has 0 spiro atoms. The van der Waals surface area contributed by atoms with E-state index in [2.05, 4.69) is 20.4 Å². The van der Waals surface area contributed by atoms with Crippen LogP contribution in [-0.4, -0.2) is 52.9 Å². The summed E-state index contributed by atoms with van der Waals surface area (Å²) < 4.78 is 27.9. The summed E-state index contributed by atoms with van der Waals surface area (Å²) in [6.07, 6.45) is 1.73. The van der Waals surface area contributed by atoms with Crippen molar-refractivity contribution in [2.45, 2.75) is 36.3 Å². The van der Waals surface area contributed by atoms with Gasteiger partial charge >= 0.3 is 0 Å². The van der Waals surface area contributed by atoms with E-state index in [1.54, 1.807) is 0 Å². The van der Waals surface area contributed by atoms with Gasteiger partial charge in [-0.2, -0.15) is 4.31 Å². The lowest BCUT2D eigenvalue weighted by atomic mass is 10.1. The van der Waals surface area contributed by atoms with Gasteiger partial charge in [0, 0.05) is 26.1 Å². The van der Waals surface area contributed by atoms with Crippen molar-refractivity contribution in [3.8, 4) is 0 Å². The summed E-state index contributed by atoms with van der Waals surface area (Å²) in [6.45, 7) is 2.66. The SMILES string of the molecule is CC(=O)Nc1nnc(S(=O)(=O)N2CC3CCCN3C2c2ccccc2)s1. The second-order valence-electron chi connectivity index (χ2n) is 6.45. The Morgan fingerprint density at radius 1 is 1.27 bits per heavy atom.